The summed E-state index contributed by atoms with van der Waals surface area (Å²) >= 11 is 0. The molecule has 0 bridgehead atoms. The molecular weight excluding hydrogens is 1210 g/mol. The molecule has 0 aromatic heterocycles. The van der Waals surface area contributed by atoms with Crippen molar-refractivity contribution in [2.24, 2.45) is 23.7 Å². The predicted octanol–water partition coefficient (Wildman–Crippen LogP) is 20.9. The number of esters is 4. The van der Waals surface area contributed by atoms with Crippen LogP contribution in [-0.4, -0.2) is 96.7 Å². The quantitative estimate of drug-likeness (QED) is 0.0222. The second kappa shape index (κ2) is 62.6. The van der Waals surface area contributed by atoms with E-state index in [0.29, 0.717) is 37.5 Å². The van der Waals surface area contributed by atoms with E-state index in [-0.39, 0.29) is 25.7 Å². The van der Waals surface area contributed by atoms with Gasteiger partial charge in [0.25, 0.3) is 0 Å². The molecule has 0 heterocycles. The molecule has 0 spiro atoms. The van der Waals surface area contributed by atoms with Gasteiger partial charge in [0.1, 0.15) is 19.3 Å². The molecule has 0 amide bonds. The zero-order valence-electron chi connectivity index (χ0n) is 60.2. The highest BCUT2D eigenvalue weighted by Crippen LogP contribution is 2.45. The first-order valence-corrected chi connectivity index (χ1v) is 40.7. The molecule has 17 nitrogen and oxygen atoms in total. The Bertz CT molecular complexity index is 1820. The van der Waals surface area contributed by atoms with Crippen molar-refractivity contribution in [3.05, 3.63) is 0 Å². The largest absolute Gasteiger partial charge is 0.472 e. The number of aliphatic hydroxyl groups is 1. The molecule has 19 heteroatoms. The third-order valence-electron chi connectivity index (χ3n) is 16.8. The molecule has 546 valence electrons. The first-order chi connectivity index (χ1) is 44.1. The van der Waals surface area contributed by atoms with E-state index in [1.165, 1.54) is 154 Å². The Labute approximate surface area is 562 Å². The third kappa shape index (κ3) is 66.7. The maximum Gasteiger partial charge on any atom is 0.472 e. The van der Waals surface area contributed by atoms with Crippen LogP contribution in [0.2, 0.25) is 0 Å². The van der Waals surface area contributed by atoms with E-state index in [9.17, 15) is 43.2 Å². The van der Waals surface area contributed by atoms with Crippen LogP contribution < -0.4 is 0 Å². The SMILES string of the molecule is CC(C)CCCCCCCCCCCCCCCCCC(=O)O[C@H](COC(=O)CCCCCCCCCC(C)C)COP(=O)(O)OC[C@@H](O)COP(=O)(O)OC[C@@H](COC(=O)CCCCCCCCC(C)C)OC(=O)CCCCCCCCCCCCCCC(C)C. The number of ether oxygens (including phenoxy) is 4. The fourth-order valence-corrected chi connectivity index (χ4v) is 12.6. The number of carbonyl (C=O) groups excluding carboxylic acids is 4. The number of phosphoric acid groups is 2. The lowest BCUT2D eigenvalue weighted by Crippen LogP contribution is -2.30. The van der Waals surface area contributed by atoms with Crippen LogP contribution in [0.5, 0.6) is 0 Å². The molecule has 0 aromatic carbocycles. The second-order valence-corrected chi connectivity index (χ2v) is 31.1. The number of rotatable bonds is 70. The molecule has 0 aromatic rings. The second-order valence-electron chi connectivity index (χ2n) is 28.2. The molecule has 92 heavy (non-hydrogen) atoms. The number of unbranched alkanes of at least 4 members (excludes halogenated alkanes) is 36. The summed E-state index contributed by atoms with van der Waals surface area (Å²) in [6.45, 7) is 14.1. The van der Waals surface area contributed by atoms with Crippen LogP contribution in [0, 0.1) is 23.7 Å². The zero-order chi connectivity index (χ0) is 68.2. The van der Waals surface area contributed by atoms with Crippen molar-refractivity contribution in [1.82, 2.24) is 0 Å². The van der Waals surface area contributed by atoms with E-state index in [1.807, 2.05) is 0 Å². The van der Waals surface area contributed by atoms with Crippen molar-refractivity contribution in [3.8, 4) is 0 Å². The average molecular weight is 1350 g/mol. The lowest BCUT2D eigenvalue weighted by Gasteiger charge is -2.21. The normalized spacial score (nSPS) is 14.2. The van der Waals surface area contributed by atoms with Gasteiger partial charge in [0.15, 0.2) is 12.2 Å². The average Bonchev–Trinajstić information content (AvgIpc) is 1.41. The number of hydrogen-bond acceptors (Lipinski definition) is 15. The first kappa shape index (κ1) is 90.1. The van der Waals surface area contributed by atoms with Gasteiger partial charge in [-0.05, 0) is 49.4 Å². The highest BCUT2D eigenvalue weighted by molar-refractivity contribution is 7.47. The summed E-state index contributed by atoms with van der Waals surface area (Å²) in [6, 6.07) is 0. The fourth-order valence-electron chi connectivity index (χ4n) is 11.0. The molecule has 0 rings (SSSR count). The molecule has 5 atom stereocenters. The lowest BCUT2D eigenvalue weighted by atomic mass is 10.0. The first-order valence-electron chi connectivity index (χ1n) is 37.7. The lowest BCUT2D eigenvalue weighted by molar-refractivity contribution is -0.161. The van der Waals surface area contributed by atoms with E-state index in [1.54, 1.807) is 0 Å². The van der Waals surface area contributed by atoms with E-state index in [2.05, 4.69) is 55.4 Å². The fraction of sp³-hybridized carbons (Fsp3) is 0.945. The van der Waals surface area contributed by atoms with Crippen LogP contribution in [0.15, 0.2) is 0 Å². The van der Waals surface area contributed by atoms with E-state index >= 15 is 0 Å². The van der Waals surface area contributed by atoms with Gasteiger partial charge in [0.05, 0.1) is 26.4 Å². The van der Waals surface area contributed by atoms with E-state index in [0.717, 1.165) is 115 Å². The van der Waals surface area contributed by atoms with Crippen LogP contribution in [0.1, 0.15) is 364 Å². The van der Waals surface area contributed by atoms with Crippen molar-refractivity contribution in [2.75, 3.05) is 39.6 Å². The molecule has 0 saturated carbocycles. The minimum atomic E-state index is -4.95. The van der Waals surface area contributed by atoms with Gasteiger partial charge in [-0.15, -0.1) is 0 Å². The van der Waals surface area contributed by atoms with Crippen molar-refractivity contribution in [1.29, 1.82) is 0 Å². The Morgan fingerprint density at radius 2 is 0.457 bits per heavy atom. The number of aliphatic hydroxyl groups excluding tert-OH is 1. The number of hydrogen-bond donors (Lipinski definition) is 3. The van der Waals surface area contributed by atoms with Crippen LogP contribution in [-0.2, 0) is 65.4 Å². The van der Waals surface area contributed by atoms with Crippen LogP contribution in [0.25, 0.3) is 0 Å². The summed E-state index contributed by atoms with van der Waals surface area (Å²) in [5.74, 6) is 0.836. The minimum Gasteiger partial charge on any atom is -0.462 e. The van der Waals surface area contributed by atoms with Gasteiger partial charge in [-0.2, -0.15) is 0 Å². The zero-order valence-corrected chi connectivity index (χ0v) is 62.0. The van der Waals surface area contributed by atoms with Crippen molar-refractivity contribution >= 4 is 39.5 Å². The summed E-state index contributed by atoms with van der Waals surface area (Å²) < 4.78 is 68.3. The molecule has 0 saturated heterocycles. The monoisotopic (exact) mass is 1350 g/mol. The van der Waals surface area contributed by atoms with Crippen molar-refractivity contribution in [3.63, 3.8) is 0 Å². The molecule has 0 aliphatic carbocycles. The van der Waals surface area contributed by atoms with Gasteiger partial charge in [-0.25, -0.2) is 9.13 Å². The van der Waals surface area contributed by atoms with Gasteiger partial charge in [-0.3, -0.25) is 37.3 Å². The Hall–Kier alpha value is -1.94. The van der Waals surface area contributed by atoms with Crippen molar-refractivity contribution < 1.29 is 80.2 Å². The number of carbonyl (C=O) groups is 4. The maximum absolute atomic E-state index is 13.0. The molecular formula is C73H142O17P2. The molecule has 0 radical (unpaired) electrons. The Balaban J connectivity index is 5.20. The highest BCUT2D eigenvalue weighted by Gasteiger charge is 2.30. The third-order valence-corrected chi connectivity index (χ3v) is 18.7. The van der Waals surface area contributed by atoms with Gasteiger partial charge < -0.3 is 33.8 Å². The van der Waals surface area contributed by atoms with Crippen LogP contribution >= 0.6 is 15.6 Å². The van der Waals surface area contributed by atoms with Crippen molar-refractivity contribution in [2.45, 2.75) is 382 Å². The van der Waals surface area contributed by atoms with Gasteiger partial charge in [0.2, 0.25) is 0 Å². The van der Waals surface area contributed by atoms with Gasteiger partial charge in [-0.1, -0.05) is 312 Å². The Morgan fingerprint density at radius 1 is 0.272 bits per heavy atom. The summed E-state index contributed by atoms with van der Waals surface area (Å²) in [4.78, 5) is 72.6. The van der Waals surface area contributed by atoms with Gasteiger partial charge in [0, 0.05) is 25.7 Å². The predicted molar refractivity (Wildman–Crippen MR) is 372 cm³/mol. The van der Waals surface area contributed by atoms with Gasteiger partial charge >= 0.3 is 39.5 Å². The molecule has 0 fully saturated rings. The molecule has 0 aliphatic rings. The van der Waals surface area contributed by atoms with Crippen LogP contribution in [0.3, 0.4) is 0 Å². The molecule has 0 aliphatic heterocycles. The van der Waals surface area contributed by atoms with E-state index < -0.39 is 97.5 Å². The van der Waals surface area contributed by atoms with Crippen LogP contribution in [0.4, 0.5) is 0 Å². The van der Waals surface area contributed by atoms with E-state index in [4.69, 9.17) is 37.0 Å². The summed E-state index contributed by atoms with van der Waals surface area (Å²) in [5.41, 5.74) is 0. The Morgan fingerprint density at radius 3 is 0.674 bits per heavy atom. The smallest absolute Gasteiger partial charge is 0.462 e. The summed E-state index contributed by atoms with van der Waals surface area (Å²) in [7, 11) is -9.91. The molecule has 3 N–H and O–H groups in total. The minimum absolute atomic E-state index is 0.105. The number of phosphoric ester groups is 2. The topological polar surface area (TPSA) is 237 Å². The Kier molecular flexibility index (Phi) is 61.3. The molecule has 2 unspecified atom stereocenters. The standard InChI is InChI=1S/C73H142O17P2/c1-63(2)49-41-33-25-20-16-12-10-9-11-13-18-22-28-39-47-55-72(77)89-68(59-83-70(75)53-45-37-30-24-27-35-43-51-65(5)6)61-87-91(79,80)85-57-67(74)58-86-92(81,82)88-62-69(60-84-71(76)54-46-38-32-31-36-44-52-66(7)8)90-73(78)56-48-40-29-23-19-15-14-17-21-26-34-42-50-64(3)4/h63-69,74H,9-62H2,1-8H3,(H,79,80)(H,81,82)/t67-,68-,69-/m1/s1. The highest BCUT2D eigenvalue weighted by atomic mass is 31.2. The summed E-state index contributed by atoms with van der Waals surface area (Å²) in [5, 5.41) is 10.6. The summed E-state index contributed by atoms with van der Waals surface area (Å²) in [6.07, 6.45) is 46.1. The maximum atomic E-state index is 13.0.